The van der Waals surface area contributed by atoms with E-state index in [1.165, 1.54) is 5.56 Å². The molecular weight excluding hydrogens is 401 g/mol. The van der Waals surface area contributed by atoms with Gasteiger partial charge in [0.1, 0.15) is 0 Å². The molecule has 0 bridgehead atoms. The van der Waals surface area contributed by atoms with Gasteiger partial charge in [0.05, 0.1) is 6.04 Å². The topological polar surface area (TPSA) is 87.8 Å². The largest absolute Gasteiger partial charge is 0.396 e. The molecular formula is C20H33Cl2N3O3. The fraction of sp³-hybridized carbons (Fsp3) is 0.650. The fourth-order valence-electron chi connectivity index (χ4n) is 3.85. The van der Waals surface area contributed by atoms with Crippen molar-refractivity contribution < 1.29 is 14.6 Å². The highest BCUT2D eigenvalue weighted by Crippen LogP contribution is 2.21. The Labute approximate surface area is 180 Å². The molecule has 1 aromatic carbocycles. The number of likely N-dealkylation sites (tertiary alicyclic amines) is 1. The number of hydrogen-bond acceptors (Lipinski definition) is 5. The van der Waals surface area contributed by atoms with Crippen LogP contribution in [0.25, 0.3) is 0 Å². The Bertz CT molecular complexity index is 592. The molecule has 8 heteroatoms. The molecule has 28 heavy (non-hydrogen) atoms. The van der Waals surface area contributed by atoms with Crippen molar-refractivity contribution in [2.24, 2.45) is 17.6 Å². The monoisotopic (exact) mass is 433 g/mol. The van der Waals surface area contributed by atoms with Crippen molar-refractivity contribution in [3.63, 3.8) is 0 Å². The summed E-state index contributed by atoms with van der Waals surface area (Å²) in [5.41, 5.74) is 8.15. The number of rotatable bonds is 6. The van der Waals surface area contributed by atoms with Gasteiger partial charge >= 0.3 is 0 Å². The van der Waals surface area contributed by atoms with Crippen LogP contribution in [0, 0.1) is 11.8 Å². The maximum atomic E-state index is 12.5. The van der Waals surface area contributed by atoms with Crippen LogP contribution in [0.1, 0.15) is 31.2 Å². The lowest BCUT2D eigenvalue weighted by molar-refractivity contribution is -0.119. The maximum Gasteiger partial charge on any atom is 0.241 e. The van der Waals surface area contributed by atoms with Crippen molar-refractivity contribution in [1.82, 2.24) is 4.90 Å². The second-order valence-electron chi connectivity index (χ2n) is 7.57. The standard InChI is InChI=1S/C20H31N3O3.2ClH/c21-19(17-6-10-26-11-7-17)20(25)22-18-3-1-2-16(12-18)13-23-8-4-15(14-24)5-9-23;;/h1-3,12,15,17,19,24H,4-11,13-14,21H2,(H,22,25);2*1H. The summed E-state index contributed by atoms with van der Waals surface area (Å²) in [6.45, 7) is 4.56. The molecule has 2 aliphatic rings. The van der Waals surface area contributed by atoms with Gasteiger partial charge in [0.15, 0.2) is 0 Å². The molecule has 2 heterocycles. The van der Waals surface area contributed by atoms with E-state index in [-0.39, 0.29) is 36.6 Å². The zero-order valence-corrected chi connectivity index (χ0v) is 17.9. The maximum absolute atomic E-state index is 12.5. The number of aliphatic hydroxyl groups is 1. The number of benzene rings is 1. The first kappa shape index (κ1) is 25.1. The van der Waals surface area contributed by atoms with Gasteiger partial charge in [-0.05, 0) is 68.3 Å². The van der Waals surface area contributed by atoms with Crippen LogP contribution in [0.2, 0.25) is 0 Å². The number of amides is 1. The van der Waals surface area contributed by atoms with E-state index in [2.05, 4.69) is 16.3 Å². The van der Waals surface area contributed by atoms with E-state index in [4.69, 9.17) is 10.5 Å². The lowest BCUT2D eigenvalue weighted by Crippen LogP contribution is -2.44. The number of aliphatic hydroxyl groups excluding tert-OH is 1. The molecule has 2 aliphatic heterocycles. The Morgan fingerprint density at radius 1 is 1.21 bits per heavy atom. The number of halogens is 2. The fourth-order valence-corrected chi connectivity index (χ4v) is 3.85. The number of nitrogens with zero attached hydrogens (tertiary/aromatic N) is 1. The highest BCUT2D eigenvalue weighted by molar-refractivity contribution is 5.94. The Morgan fingerprint density at radius 3 is 2.54 bits per heavy atom. The molecule has 1 amide bonds. The normalized spacial score (nSPS) is 19.9. The van der Waals surface area contributed by atoms with E-state index in [1.807, 2.05) is 18.2 Å². The van der Waals surface area contributed by atoms with Crippen LogP contribution in [0.5, 0.6) is 0 Å². The summed E-state index contributed by atoms with van der Waals surface area (Å²) in [4.78, 5) is 14.9. The van der Waals surface area contributed by atoms with Crippen molar-refractivity contribution in [1.29, 1.82) is 0 Å². The Hall–Kier alpha value is -0.890. The highest BCUT2D eigenvalue weighted by Gasteiger charge is 2.26. The van der Waals surface area contributed by atoms with Crippen molar-refractivity contribution in [2.75, 3.05) is 38.2 Å². The SMILES string of the molecule is Cl.Cl.NC(C(=O)Nc1cccc(CN2CCC(CO)CC2)c1)C1CCOCC1. The first-order chi connectivity index (χ1) is 12.7. The van der Waals surface area contributed by atoms with Crippen LogP contribution in [-0.4, -0.2) is 54.9 Å². The van der Waals surface area contributed by atoms with Gasteiger partial charge in [0.2, 0.25) is 5.91 Å². The first-order valence-electron chi connectivity index (χ1n) is 9.72. The third-order valence-corrected chi connectivity index (χ3v) is 5.64. The van der Waals surface area contributed by atoms with Gasteiger partial charge in [-0.15, -0.1) is 24.8 Å². The zero-order chi connectivity index (χ0) is 18.4. The molecule has 4 N–H and O–H groups in total. The molecule has 0 aliphatic carbocycles. The number of nitrogens with two attached hydrogens (primary N) is 1. The quantitative estimate of drug-likeness (QED) is 0.640. The summed E-state index contributed by atoms with van der Waals surface area (Å²) >= 11 is 0. The van der Waals surface area contributed by atoms with Crippen LogP contribution in [0.3, 0.4) is 0 Å². The molecule has 0 aromatic heterocycles. The van der Waals surface area contributed by atoms with E-state index >= 15 is 0 Å². The van der Waals surface area contributed by atoms with E-state index in [1.54, 1.807) is 0 Å². The van der Waals surface area contributed by atoms with Gasteiger partial charge in [-0.1, -0.05) is 12.1 Å². The van der Waals surface area contributed by atoms with Gasteiger partial charge in [-0.2, -0.15) is 0 Å². The Morgan fingerprint density at radius 2 is 1.89 bits per heavy atom. The molecule has 0 saturated carbocycles. The van der Waals surface area contributed by atoms with Crippen molar-refractivity contribution in [3.05, 3.63) is 29.8 Å². The summed E-state index contributed by atoms with van der Waals surface area (Å²) in [6.07, 6.45) is 3.79. The summed E-state index contributed by atoms with van der Waals surface area (Å²) in [5.74, 6) is 0.529. The molecule has 160 valence electrons. The first-order valence-corrected chi connectivity index (χ1v) is 9.72. The number of carbonyl (C=O) groups excluding carboxylic acids is 1. The lowest BCUT2D eigenvalue weighted by Gasteiger charge is -2.31. The number of piperidine rings is 1. The molecule has 6 nitrogen and oxygen atoms in total. The number of ether oxygens (including phenoxy) is 1. The van der Waals surface area contributed by atoms with E-state index < -0.39 is 6.04 Å². The van der Waals surface area contributed by atoms with Crippen LogP contribution in [-0.2, 0) is 16.1 Å². The average molecular weight is 434 g/mol. The number of hydrogen-bond donors (Lipinski definition) is 3. The molecule has 1 unspecified atom stereocenters. The Kier molecular flexibility index (Phi) is 11.3. The molecule has 0 radical (unpaired) electrons. The van der Waals surface area contributed by atoms with Gasteiger partial charge in [-0.3, -0.25) is 9.69 Å². The van der Waals surface area contributed by atoms with Crippen LogP contribution >= 0.6 is 24.8 Å². The summed E-state index contributed by atoms with van der Waals surface area (Å²) in [7, 11) is 0. The lowest BCUT2D eigenvalue weighted by atomic mass is 9.92. The minimum Gasteiger partial charge on any atom is -0.396 e. The highest BCUT2D eigenvalue weighted by atomic mass is 35.5. The third-order valence-electron chi connectivity index (χ3n) is 5.64. The molecule has 1 atom stereocenters. The number of anilines is 1. The predicted octanol–water partition coefficient (Wildman–Crippen LogP) is 2.43. The van der Waals surface area contributed by atoms with Gasteiger partial charge < -0.3 is 20.9 Å². The second kappa shape index (κ2) is 12.6. The second-order valence-corrected chi connectivity index (χ2v) is 7.57. The number of nitrogens with one attached hydrogen (secondary N) is 1. The van der Waals surface area contributed by atoms with Crippen LogP contribution in [0.15, 0.2) is 24.3 Å². The van der Waals surface area contributed by atoms with Crippen molar-refractivity contribution in [2.45, 2.75) is 38.3 Å². The smallest absolute Gasteiger partial charge is 0.241 e. The van der Waals surface area contributed by atoms with Gasteiger partial charge in [0.25, 0.3) is 0 Å². The molecule has 2 fully saturated rings. The minimum absolute atomic E-state index is 0. The summed E-state index contributed by atoms with van der Waals surface area (Å²) < 4.78 is 5.34. The molecule has 1 aromatic rings. The van der Waals surface area contributed by atoms with Gasteiger partial charge in [0, 0.05) is 32.1 Å². The van der Waals surface area contributed by atoms with Gasteiger partial charge in [-0.25, -0.2) is 0 Å². The minimum atomic E-state index is -0.486. The molecule has 0 spiro atoms. The molecule has 2 saturated heterocycles. The summed E-state index contributed by atoms with van der Waals surface area (Å²) in [5, 5.41) is 12.2. The van der Waals surface area contributed by atoms with Crippen LogP contribution < -0.4 is 11.1 Å². The van der Waals surface area contributed by atoms with Crippen molar-refractivity contribution in [3.8, 4) is 0 Å². The Balaban J connectivity index is 0.00000196. The average Bonchev–Trinajstić information content (AvgIpc) is 2.69. The zero-order valence-electron chi connectivity index (χ0n) is 16.2. The summed E-state index contributed by atoms with van der Waals surface area (Å²) in [6, 6.07) is 7.53. The van der Waals surface area contributed by atoms with E-state index in [0.29, 0.717) is 25.7 Å². The number of carbonyl (C=O) groups is 1. The van der Waals surface area contributed by atoms with E-state index in [9.17, 15) is 9.90 Å². The molecule has 3 rings (SSSR count). The third kappa shape index (κ3) is 7.17. The predicted molar refractivity (Wildman–Crippen MR) is 116 cm³/mol. The van der Waals surface area contributed by atoms with E-state index in [0.717, 1.165) is 51.0 Å². The van der Waals surface area contributed by atoms with Crippen molar-refractivity contribution >= 4 is 36.4 Å². The van der Waals surface area contributed by atoms with Crippen LogP contribution in [0.4, 0.5) is 5.69 Å².